The Hall–Kier alpha value is -3.34. The predicted octanol–water partition coefficient (Wildman–Crippen LogP) is 2.89. The summed E-state index contributed by atoms with van der Waals surface area (Å²) >= 11 is 0. The summed E-state index contributed by atoms with van der Waals surface area (Å²) in [6.45, 7) is 0. The number of primary amides is 1. The molecule has 0 radical (unpaired) electrons. The van der Waals surface area contributed by atoms with E-state index in [-0.39, 0.29) is 0 Å². The number of hydrogen-bond acceptors (Lipinski definition) is 2. The topological polar surface area (TPSA) is 65.3 Å². The van der Waals surface area contributed by atoms with Crippen LogP contribution in [0.15, 0.2) is 73.2 Å². The van der Waals surface area contributed by atoms with Crippen molar-refractivity contribution in [3.8, 4) is 17.1 Å². The first kappa shape index (κ1) is 13.3. The molecule has 3 heterocycles. The van der Waals surface area contributed by atoms with Crippen LogP contribution in [0.2, 0.25) is 0 Å². The molecule has 3 aromatic heterocycles. The second kappa shape index (κ2) is 5.14. The van der Waals surface area contributed by atoms with Crippen LogP contribution in [-0.4, -0.2) is 19.9 Å². The zero-order chi connectivity index (χ0) is 15.8. The quantitative estimate of drug-likeness (QED) is 0.632. The van der Waals surface area contributed by atoms with E-state index in [1.54, 1.807) is 12.1 Å². The van der Waals surface area contributed by atoms with Crippen LogP contribution in [0.4, 0.5) is 0 Å². The molecular weight excluding hydrogens is 288 g/mol. The molecule has 0 bridgehead atoms. The van der Waals surface area contributed by atoms with Gasteiger partial charge < -0.3 is 10.3 Å². The van der Waals surface area contributed by atoms with Gasteiger partial charge in [0.05, 0.1) is 0 Å². The normalized spacial score (nSPS) is 11.0. The number of fused-ring (bicyclic) bond motifs is 1. The van der Waals surface area contributed by atoms with Crippen molar-refractivity contribution in [3.63, 3.8) is 0 Å². The number of carbonyl (C=O) groups excluding carboxylic acids is 1. The third kappa shape index (κ3) is 2.19. The van der Waals surface area contributed by atoms with E-state index in [0.717, 1.165) is 17.1 Å². The fraction of sp³-hybridized carbons (Fsp3) is 0. The Morgan fingerprint density at radius 1 is 0.957 bits per heavy atom. The first-order chi connectivity index (χ1) is 11.2. The van der Waals surface area contributed by atoms with Gasteiger partial charge in [-0.2, -0.15) is 0 Å². The molecule has 0 spiro atoms. The number of carbonyl (C=O) groups is 1. The summed E-state index contributed by atoms with van der Waals surface area (Å²) < 4.78 is 3.96. The van der Waals surface area contributed by atoms with Gasteiger partial charge in [-0.05, 0) is 24.3 Å². The van der Waals surface area contributed by atoms with Gasteiger partial charge in [0, 0.05) is 29.7 Å². The minimum absolute atomic E-state index is 0.446. The van der Waals surface area contributed by atoms with E-state index in [1.807, 2.05) is 70.0 Å². The van der Waals surface area contributed by atoms with E-state index in [2.05, 4.69) is 0 Å². The highest BCUT2D eigenvalue weighted by Gasteiger charge is 2.16. The van der Waals surface area contributed by atoms with Gasteiger partial charge in [-0.25, -0.2) is 4.98 Å². The highest BCUT2D eigenvalue weighted by molar-refractivity contribution is 5.94. The van der Waals surface area contributed by atoms with Crippen molar-refractivity contribution in [2.45, 2.75) is 0 Å². The molecule has 0 fully saturated rings. The lowest BCUT2D eigenvalue weighted by Gasteiger charge is -2.06. The monoisotopic (exact) mass is 302 g/mol. The van der Waals surface area contributed by atoms with Crippen LogP contribution in [0.1, 0.15) is 10.4 Å². The summed E-state index contributed by atoms with van der Waals surface area (Å²) in [5.74, 6) is 0.464. The zero-order valence-electron chi connectivity index (χ0n) is 12.3. The second-order valence-corrected chi connectivity index (χ2v) is 5.25. The number of hydrogen-bond donors (Lipinski definition) is 1. The van der Waals surface area contributed by atoms with Crippen LogP contribution >= 0.6 is 0 Å². The Kier molecular flexibility index (Phi) is 2.98. The molecule has 5 nitrogen and oxygen atoms in total. The zero-order valence-corrected chi connectivity index (χ0v) is 12.3. The number of aromatic nitrogens is 3. The largest absolute Gasteiger partial charge is 0.366 e. The smallest absolute Gasteiger partial charge is 0.248 e. The van der Waals surface area contributed by atoms with Crippen LogP contribution < -0.4 is 5.73 Å². The van der Waals surface area contributed by atoms with E-state index < -0.39 is 5.91 Å². The maximum atomic E-state index is 11.4. The molecule has 5 heteroatoms. The molecule has 0 aliphatic rings. The minimum Gasteiger partial charge on any atom is -0.366 e. The van der Waals surface area contributed by atoms with Crippen LogP contribution in [0.5, 0.6) is 0 Å². The van der Waals surface area contributed by atoms with Crippen molar-refractivity contribution in [1.82, 2.24) is 14.0 Å². The summed E-state index contributed by atoms with van der Waals surface area (Å²) in [5.41, 5.74) is 8.37. The van der Waals surface area contributed by atoms with Crippen LogP contribution in [0.25, 0.3) is 22.7 Å². The van der Waals surface area contributed by atoms with E-state index in [0.29, 0.717) is 11.2 Å². The molecule has 0 aliphatic heterocycles. The van der Waals surface area contributed by atoms with Gasteiger partial charge in [-0.15, -0.1) is 0 Å². The molecule has 1 aromatic carbocycles. The van der Waals surface area contributed by atoms with Gasteiger partial charge in [0.1, 0.15) is 17.2 Å². The van der Waals surface area contributed by atoms with Crippen LogP contribution in [0.3, 0.4) is 0 Å². The summed E-state index contributed by atoms with van der Waals surface area (Å²) in [6.07, 6.45) is 5.76. The van der Waals surface area contributed by atoms with Crippen molar-refractivity contribution in [1.29, 1.82) is 0 Å². The highest BCUT2D eigenvalue weighted by Crippen LogP contribution is 2.27. The Labute approximate surface area is 132 Å². The molecular formula is C18H14N4O. The molecule has 4 aromatic rings. The van der Waals surface area contributed by atoms with Gasteiger partial charge in [0.25, 0.3) is 0 Å². The van der Waals surface area contributed by atoms with Gasteiger partial charge in [0.15, 0.2) is 0 Å². The van der Waals surface area contributed by atoms with Gasteiger partial charge in [-0.3, -0.25) is 9.20 Å². The van der Waals surface area contributed by atoms with E-state index in [1.165, 1.54) is 0 Å². The third-order valence-electron chi connectivity index (χ3n) is 3.78. The van der Waals surface area contributed by atoms with Crippen molar-refractivity contribution < 1.29 is 4.79 Å². The summed E-state index contributed by atoms with van der Waals surface area (Å²) in [4.78, 5) is 16.1. The highest BCUT2D eigenvalue weighted by atomic mass is 16.1. The standard InChI is InChI=1S/C18H14N4O/c19-17(23)14-8-11-22-15(12-14)20-16(13-6-2-1-3-7-13)18(22)21-9-4-5-10-21/h1-12H,(H2,19,23). The lowest BCUT2D eigenvalue weighted by molar-refractivity contribution is 0.100. The number of pyridine rings is 1. The summed E-state index contributed by atoms with van der Waals surface area (Å²) in [6, 6.07) is 17.3. The van der Waals surface area contributed by atoms with Crippen molar-refractivity contribution in [2.24, 2.45) is 5.73 Å². The Bertz CT molecular complexity index is 985. The lowest BCUT2D eigenvalue weighted by atomic mass is 10.1. The number of imidazole rings is 1. The average Bonchev–Trinajstić information content (AvgIpc) is 3.21. The molecule has 23 heavy (non-hydrogen) atoms. The number of nitrogens with zero attached hydrogens (tertiary/aromatic N) is 3. The number of nitrogens with two attached hydrogens (primary N) is 1. The number of amides is 1. The minimum atomic E-state index is -0.459. The molecule has 0 saturated carbocycles. The van der Waals surface area contributed by atoms with E-state index >= 15 is 0 Å². The molecule has 1 amide bonds. The lowest BCUT2D eigenvalue weighted by Crippen LogP contribution is -2.11. The van der Waals surface area contributed by atoms with Crippen molar-refractivity contribution in [3.05, 3.63) is 78.8 Å². The average molecular weight is 302 g/mol. The van der Waals surface area contributed by atoms with E-state index in [4.69, 9.17) is 10.7 Å². The van der Waals surface area contributed by atoms with E-state index in [9.17, 15) is 4.79 Å². The number of rotatable bonds is 3. The Balaban J connectivity index is 2.04. The fourth-order valence-corrected chi connectivity index (χ4v) is 2.70. The molecule has 112 valence electrons. The molecule has 0 unspecified atom stereocenters. The first-order valence-corrected chi connectivity index (χ1v) is 7.25. The summed E-state index contributed by atoms with van der Waals surface area (Å²) in [5, 5.41) is 0. The fourth-order valence-electron chi connectivity index (χ4n) is 2.70. The molecule has 0 aliphatic carbocycles. The van der Waals surface area contributed by atoms with Crippen LogP contribution in [-0.2, 0) is 0 Å². The predicted molar refractivity (Wildman–Crippen MR) is 88.5 cm³/mol. The maximum absolute atomic E-state index is 11.4. The number of benzene rings is 1. The molecule has 0 saturated heterocycles. The third-order valence-corrected chi connectivity index (χ3v) is 3.78. The molecule has 0 atom stereocenters. The van der Waals surface area contributed by atoms with Gasteiger partial charge >= 0.3 is 0 Å². The maximum Gasteiger partial charge on any atom is 0.248 e. The van der Waals surface area contributed by atoms with Crippen LogP contribution in [0, 0.1) is 0 Å². The second-order valence-electron chi connectivity index (χ2n) is 5.25. The van der Waals surface area contributed by atoms with Crippen molar-refractivity contribution >= 4 is 11.6 Å². The Morgan fingerprint density at radius 2 is 1.70 bits per heavy atom. The SMILES string of the molecule is NC(=O)c1ccn2c(-n3cccc3)c(-c3ccccc3)nc2c1. The van der Waals surface area contributed by atoms with Gasteiger partial charge in [-0.1, -0.05) is 30.3 Å². The molecule has 4 rings (SSSR count). The Morgan fingerprint density at radius 3 is 2.39 bits per heavy atom. The molecule has 2 N–H and O–H groups in total. The van der Waals surface area contributed by atoms with Crippen molar-refractivity contribution in [2.75, 3.05) is 0 Å². The first-order valence-electron chi connectivity index (χ1n) is 7.25. The van der Waals surface area contributed by atoms with Gasteiger partial charge in [0.2, 0.25) is 5.91 Å². The summed E-state index contributed by atoms with van der Waals surface area (Å²) in [7, 11) is 0.